The van der Waals surface area contributed by atoms with Crippen LogP contribution < -0.4 is 10.6 Å². The molecular weight excluding hydrogens is 321 g/mol. The van der Waals surface area contributed by atoms with Crippen molar-refractivity contribution in [2.24, 2.45) is 10.9 Å². The summed E-state index contributed by atoms with van der Waals surface area (Å²) in [6.07, 6.45) is 2.01. The van der Waals surface area contributed by atoms with Gasteiger partial charge in [0.2, 0.25) is 0 Å². The van der Waals surface area contributed by atoms with E-state index in [1.54, 1.807) is 26.1 Å². The number of nitrogens with one attached hydrogen (secondary N) is 2. The van der Waals surface area contributed by atoms with Crippen LogP contribution in [0.3, 0.4) is 0 Å². The molecule has 0 amide bonds. The number of nitrogens with zero attached hydrogens (tertiary/aromatic N) is 1. The van der Waals surface area contributed by atoms with Gasteiger partial charge in [-0.1, -0.05) is 12.1 Å². The highest BCUT2D eigenvalue weighted by molar-refractivity contribution is 5.80. The number of hydrogen-bond donors (Lipinski definition) is 2. The van der Waals surface area contributed by atoms with Crippen LogP contribution in [0.5, 0.6) is 0 Å². The molecule has 1 aromatic carbocycles. The molecule has 0 radical (unpaired) electrons. The molecule has 2 atom stereocenters. The molecule has 140 valence electrons. The average Bonchev–Trinajstić information content (AvgIpc) is 3.12. The third-order valence-electron chi connectivity index (χ3n) is 4.41. The van der Waals surface area contributed by atoms with E-state index >= 15 is 0 Å². The van der Waals surface area contributed by atoms with E-state index < -0.39 is 0 Å². The van der Waals surface area contributed by atoms with Crippen LogP contribution >= 0.6 is 0 Å². The first-order valence-corrected chi connectivity index (χ1v) is 8.99. The molecule has 2 unspecified atom stereocenters. The highest BCUT2D eigenvalue weighted by Gasteiger charge is 2.15. The van der Waals surface area contributed by atoms with E-state index in [-0.39, 0.29) is 11.9 Å². The molecule has 6 heteroatoms. The molecule has 1 aliphatic rings. The molecule has 1 aliphatic heterocycles. The number of aliphatic imine (C=N–C) groups is 1. The van der Waals surface area contributed by atoms with Crippen molar-refractivity contribution in [3.8, 4) is 0 Å². The maximum Gasteiger partial charge on any atom is 0.191 e. The molecule has 1 fully saturated rings. The van der Waals surface area contributed by atoms with Gasteiger partial charge in [0.05, 0.1) is 19.3 Å². The second kappa shape index (κ2) is 10.4. The zero-order valence-electron chi connectivity index (χ0n) is 15.5. The van der Waals surface area contributed by atoms with Crippen LogP contribution in [-0.2, 0) is 9.47 Å². The average molecular weight is 351 g/mol. The van der Waals surface area contributed by atoms with E-state index in [1.165, 1.54) is 0 Å². The van der Waals surface area contributed by atoms with Gasteiger partial charge in [-0.05, 0) is 43.9 Å². The Morgan fingerprint density at radius 1 is 1.48 bits per heavy atom. The summed E-state index contributed by atoms with van der Waals surface area (Å²) in [6.45, 7) is 7.72. The van der Waals surface area contributed by atoms with E-state index in [1.807, 2.05) is 13.0 Å². The highest BCUT2D eigenvalue weighted by atomic mass is 19.1. The maximum atomic E-state index is 13.7. The number of ether oxygens (including phenoxy) is 2. The van der Waals surface area contributed by atoms with Crippen molar-refractivity contribution in [1.82, 2.24) is 10.6 Å². The summed E-state index contributed by atoms with van der Waals surface area (Å²) in [5.74, 6) is 1.08. The number of aryl methyl sites for hydroxylation is 1. The first-order valence-electron chi connectivity index (χ1n) is 8.99. The Morgan fingerprint density at radius 2 is 2.32 bits per heavy atom. The van der Waals surface area contributed by atoms with Crippen LogP contribution in [0.25, 0.3) is 0 Å². The monoisotopic (exact) mass is 351 g/mol. The fourth-order valence-electron chi connectivity index (χ4n) is 2.71. The lowest BCUT2D eigenvalue weighted by molar-refractivity contribution is 0.0888. The van der Waals surface area contributed by atoms with Crippen LogP contribution in [0.2, 0.25) is 0 Å². The minimum Gasteiger partial charge on any atom is -0.381 e. The molecule has 1 aromatic rings. The fourth-order valence-corrected chi connectivity index (χ4v) is 2.71. The van der Waals surface area contributed by atoms with E-state index in [0.29, 0.717) is 17.4 Å². The smallest absolute Gasteiger partial charge is 0.191 e. The quantitative estimate of drug-likeness (QED) is 0.430. The van der Waals surface area contributed by atoms with Crippen LogP contribution in [-0.4, -0.2) is 46.0 Å². The fraction of sp³-hybridized carbons (Fsp3) is 0.632. The number of hydrogen-bond acceptors (Lipinski definition) is 3. The molecule has 25 heavy (non-hydrogen) atoms. The minimum absolute atomic E-state index is 0.0279. The van der Waals surface area contributed by atoms with Crippen LogP contribution in [0.15, 0.2) is 23.2 Å². The Balaban J connectivity index is 1.64. The van der Waals surface area contributed by atoms with Crippen molar-refractivity contribution < 1.29 is 13.9 Å². The second-order valence-electron chi connectivity index (χ2n) is 6.53. The zero-order chi connectivity index (χ0) is 18.1. The third-order valence-corrected chi connectivity index (χ3v) is 4.41. The topological polar surface area (TPSA) is 54.9 Å². The van der Waals surface area contributed by atoms with Gasteiger partial charge in [0.25, 0.3) is 0 Å². The van der Waals surface area contributed by atoms with Crippen LogP contribution in [0.4, 0.5) is 4.39 Å². The van der Waals surface area contributed by atoms with Crippen molar-refractivity contribution in [2.75, 3.05) is 40.0 Å². The molecule has 0 aliphatic carbocycles. The molecule has 0 saturated carbocycles. The minimum atomic E-state index is -0.182. The van der Waals surface area contributed by atoms with Gasteiger partial charge < -0.3 is 20.1 Å². The van der Waals surface area contributed by atoms with Gasteiger partial charge in [-0.3, -0.25) is 4.99 Å². The largest absolute Gasteiger partial charge is 0.381 e. The summed E-state index contributed by atoms with van der Waals surface area (Å²) < 4.78 is 24.7. The number of rotatable bonds is 8. The van der Waals surface area contributed by atoms with Crippen molar-refractivity contribution in [3.63, 3.8) is 0 Å². The van der Waals surface area contributed by atoms with Crippen LogP contribution in [0.1, 0.15) is 36.9 Å². The lowest BCUT2D eigenvalue weighted by atomic mass is 10.1. The first-order chi connectivity index (χ1) is 12.1. The van der Waals surface area contributed by atoms with Gasteiger partial charge >= 0.3 is 0 Å². The number of benzene rings is 1. The number of halogens is 1. The van der Waals surface area contributed by atoms with Crippen molar-refractivity contribution in [3.05, 3.63) is 35.1 Å². The predicted octanol–water partition coefficient (Wildman–Crippen LogP) is 2.80. The summed E-state index contributed by atoms with van der Waals surface area (Å²) in [4.78, 5) is 4.22. The lowest BCUT2D eigenvalue weighted by Gasteiger charge is -2.19. The summed E-state index contributed by atoms with van der Waals surface area (Å²) in [5, 5.41) is 6.55. The van der Waals surface area contributed by atoms with Crippen LogP contribution in [0, 0.1) is 18.7 Å². The Morgan fingerprint density at radius 3 is 3.00 bits per heavy atom. The normalized spacial score (nSPS) is 19.0. The molecule has 5 nitrogen and oxygen atoms in total. The molecule has 1 saturated heterocycles. The van der Waals surface area contributed by atoms with Gasteiger partial charge in [-0.2, -0.15) is 0 Å². The third kappa shape index (κ3) is 6.63. The molecule has 0 spiro atoms. The highest BCUT2D eigenvalue weighted by Crippen LogP contribution is 2.16. The first kappa shape index (κ1) is 19.7. The van der Waals surface area contributed by atoms with E-state index in [0.717, 1.165) is 51.4 Å². The van der Waals surface area contributed by atoms with Gasteiger partial charge in [-0.25, -0.2) is 4.39 Å². The maximum absolute atomic E-state index is 13.7. The van der Waals surface area contributed by atoms with Crippen molar-refractivity contribution in [1.29, 1.82) is 0 Å². The summed E-state index contributed by atoms with van der Waals surface area (Å²) >= 11 is 0. The standard InChI is InChI=1S/C19H30FN3O2/c1-14-5-6-17(11-18(14)20)15(2)23-19(21-3)22-8-4-9-24-12-16-7-10-25-13-16/h5-6,11,15-16H,4,7-10,12-13H2,1-3H3,(H2,21,22,23). The predicted molar refractivity (Wildman–Crippen MR) is 98.4 cm³/mol. The van der Waals surface area contributed by atoms with Crippen molar-refractivity contribution >= 4 is 5.96 Å². The van der Waals surface area contributed by atoms with Gasteiger partial charge in [-0.15, -0.1) is 0 Å². The summed E-state index contributed by atoms with van der Waals surface area (Å²) in [7, 11) is 1.73. The van der Waals surface area contributed by atoms with Crippen molar-refractivity contribution in [2.45, 2.75) is 32.7 Å². The SMILES string of the molecule is CN=C(NCCCOCC1CCOC1)NC(C)c1ccc(C)c(F)c1. The summed E-state index contributed by atoms with van der Waals surface area (Å²) in [6, 6.07) is 5.27. The summed E-state index contributed by atoms with van der Waals surface area (Å²) in [5.41, 5.74) is 1.55. The van der Waals surface area contributed by atoms with Gasteiger partial charge in [0.15, 0.2) is 5.96 Å². The second-order valence-corrected chi connectivity index (χ2v) is 6.53. The molecule has 2 rings (SSSR count). The Labute approximate surface area is 150 Å². The Kier molecular flexibility index (Phi) is 8.15. The molecule has 1 heterocycles. The zero-order valence-corrected chi connectivity index (χ0v) is 15.5. The number of guanidine groups is 1. The van der Waals surface area contributed by atoms with E-state index in [4.69, 9.17) is 9.47 Å². The Hall–Kier alpha value is -1.66. The molecule has 0 aromatic heterocycles. The van der Waals surface area contributed by atoms with Gasteiger partial charge in [0, 0.05) is 32.7 Å². The van der Waals surface area contributed by atoms with E-state index in [9.17, 15) is 4.39 Å². The van der Waals surface area contributed by atoms with E-state index in [2.05, 4.69) is 15.6 Å². The Bertz CT molecular complexity index is 560. The molecule has 0 bridgehead atoms. The molecular formula is C19H30FN3O2. The lowest BCUT2D eigenvalue weighted by Crippen LogP contribution is -2.39. The van der Waals surface area contributed by atoms with Gasteiger partial charge in [0.1, 0.15) is 5.82 Å². The molecule has 2 N–H and O–H groups in total.